The summed E-state index contributed by atoms with van der Waals surface area (Å²) in [5, 5.41) is 9.17. The minimum absolute atomic E-state index is 0.113. The number of hydrogen-bond acceptors (Lipinski definition) is 8. The average Bonchev–Trinajstić information content (AvgIpc) is 3.52. The van der Waals surface area contributed by atoms with Gasteiger partial charge in [-0.1, -0.05) is 23.5 Å². The fourth-order valence-electron chi connectivity index (χ4n) is 4.81. The molecule has 0 amide bonds. The predicted octanol–water partition coefficient (Wildman–Crippen LogP) is 4.23. The van der Waals surface area contributed by atoms with Crippen LogP contribution in [0.1, 0.15) is 36.8 Å². The van der Waals surface area contributed by atoms with Gasteiger partial charge in [0.05, 0.1) is 33.4 Å². The first-order valence-electron chi connectivity index (χ1n) is 12.9. The lowest BCUT2D eigenvalue weighted by atomic mass is 9.95. The molecular weight excluding hydrogens is 544 g/mol. The summed E-state index contributed by atoms with van der Waals surface area (Å²) in [4.78, 5) is 45.0. The van der Waals surface area contributed by atoms with Crippen LogP contribution >= 0.6 is 11.3 Å². The number of carbonyl (C=O) groups is 1. The van der Waals surface area contributed by atoms with Crippen molar-refractivity contribution in [2.24, 2.45) is 4.99 Å². The molecule has 0 spiro atoms. The first-order valence-corrected chi connectivity index (χ1v) is 13.7. The summed E-state index contributed by atoms with van der Waals surface area (Å²) >= 11 is 1.21. The van der Waals surface area contributed by atoms with E-state index in [2.05, 4.69) is 4.99 Å². The number of furan rings is 1. The smallest absolute Gasteiger partial charge is 0.338 e. The number of carbonyl (C=O) groups excluding carboxylic acids is 1. The third kappa shape index (κ3) is 5.23. The second-order valence-corrected chi connectivity index (χ2v) is 10.8. The van der Waals surface area contributed by atoms with E-state index in [0.29, 0.717) is 32.1 Å². The lowest BCUT2D eigenvalue weighted by molar-refractivity contribution is -0.729. The standard InChI is InChI=1S/C30H29N4O6S/c1-6-39-29(36)26-18(3)31-30-33(27(26)19-7-9-20(10-8-19)32(4)5)28(35)25(41-30)16-22-12-14-24(40-22)23-13-11-21(34(37)38)15-17(23)2/h7-16,27H,6H2,1-5H3,(H,37,38)/q+1/b25-16-. The highest BCUT2D eigenvalue weighted by Crippen LogP contribution is 2.32. The number of rotatable bonds is 7. The summed E-state index contributed by atoms with van der Waals surface area (Å²) in [5.41, 5.74) is 3.86. The van der Waals surface area contributed by atoms with Gasteiger partial charge in [0.2, 0.25) is 0 Å². The number of benzene rings is 2. The highest BCUT2D eigenvalue weighted by atomic mass is 32.1. The first kappa shape index (κ1) is 27.8. The summed E-state index contributed by atoms with van der Waals surface area (Å²) in [6, 6.07) is 15.2. The fourth-order valence-corrected chi connectivity index (χ4v) is 5.84. The molecule has 1 aliphatic heterocycles. The van der Waals surface area contributed by atoms with Gasteiger partial charge in [-0.2, -0.15) is 0 Å². The van der Waals surface area contributed by atoms with Gasteiger partial charge >= 0.3 is 11.7 Å². The summed E-state index contributed by atoms with van der Waals surface area (Å²) in [7, 11) is 3.88. The Labute approximate surface area is 239 Å². The zero-order valence-corrected chi connectivity index (χ0v) is 24.1. The van der Waals surface area contributed by atoms with E-state index in [1.165, 1.54) is 22.0 Å². The predicted molar refractivity (Wildman–Crippen MR) is 155 cm³/mol. The van der Waals surface area contributed by atoms with Crippen molar-refractivity contribution in [3.05, 3.63) is 107 Å². The van der Waals surface area contributed by atoms with Gasteiger partial charge in [-0.05, 0) is 62.2 Å². The van der Waals surface area contributed by atoms with E-state index in [4.69, 9.17) is 14.4 Å². The van der Waals surface area contributed by atoms with Crippen LogP contribution in [0.4, 0.5) is 11.4 Å². The summed E-state index contributed by atoms with van der Waals surface area (Å²) < 4.78 is 13.3. The van der Waals surface area contributed by atoms with Crippen molar-refractivity contribution in [3.63, 3.8) is 0 Å². The second-order valence-electron chi connectivity index (χ2n) is 9.76. The van der Waals surface area contributed by atoms with Crippen LogP contribution in [0.3, 0.4) is 0 Å². The number of hydrogen-bond donors (Lipinski definition) is 1. The van der Waals surface area contributed by atoms with Gasteiger partial charge in [0.15, 0.2) is 4.80 Å². The Bertz CT molecular complexity index is 1880. The Morgan fingerprint density at radius 3 is 2.54 bits per heavy atom. The zero-order chi connectivity index (χ0) is 29.4. The topological polar surface area (TPSA) is 117 Å². The molecule has 2 aromatic heterocycles. The number of esters is 1. The van der Waals surface area contributed by atoms with E-state index < -0.39 is 12.0 Å². The first-order chi connectivity index (χ1) is 19.6. The maximum absolute atomic E-state index is 13.8. The molecule has 0 aliphatic carbocycles. The van der Waals surface area contributed by atoms with Gasteiger partial charge in [-0.3, -0.25) is 9.36 Å². The molecule has 1 unspecified atom stereocenters. The highest BCUT2D eigenvalue weighted by molar-refractivity contribution is 7.07. The van der Waals surface area contributed by atoms with Crippen LogP contribution in [0.15, 0.2) is 80.1 Å². The fraction of sp³-hybridized carbons (Fsp3) is 0.233. The SMILES string of the molecule is CCOC(=O)C1=C(C)N=c2s/c(=C\c3ccc(-c4ccc([N+](=O)O)cc4C)o3)c(=O)n2C1c1ccc(N(C)C)cc1. The highest BCUT2D eigenvalue weighted by Gasteiger charge is 2.33. The molecule has 210 valence electrons. The lowest BCUT2D eigenvalue weighted by Crippen LogP contribution is -2.39. The molecule has 2 aromatic carbocycles. The molecule has 0 radical (unpaired) electrons. The van der Waals surface area contributed by atoms with Gasteiger partial charge in [-0.15, -0.1) is 0 Å². The number of aromatic nitrogens is 1. The Morgan fingerprint density at radius 2 is 1.90 bits per heavy atom. The monoisotopic (exact) mass is 573 g/mol. The minimum atomic E-state index is -0.705. The van der Waals surface area contributed by atoms with Crippen molar-refractivity contribution in [2.75, 3.05) is 25.6 Å². The second kappa shape index (κ2) is 11.0. The van der Waals surface area contributed by atoms with Crippen LogP contribution in [-0.2, 0) is 9.53 Å². The van der Waals surface area contributed by atoms with Crippen LogP contribution in [0.5, 0.6) is 0 Å². The van der Waals surface area contributed by atoms with Crippen LogP contribution in [0, 0.1) is 11.8 Å². The molecule has 4 aromatic rings. The molecule has 10 nitrogen and oxygen atoms in total. The third-order valence-electron chi connectivity index (χ3n) is 6.84. The third-order valence-corrected chi connectivity index (χ3v) is 7.82. The molecule has 1 aliphatic rings. The normalized spacial score (nSPS) is 15.0. The quantitative estimate of drug-likeness (QED) is 0.260. The van der Waals surface area contributed by atoms with E-state index in [-0.39, 0.29) is 22.8 Å². The number of anilines is 1. The van der Waals surface area contributed by atoms with Gasteiger partial charge < -0.3 is 14.1 Å². The summed E-state index contributed by atoms with van der Waals surface area (Å²) in [6.07, 6.45) is 1.65. The van der Waals surface area contributed by atoms with E-state index in [9.17, 15) is 14.5 Å². The lowest BCUT2D eigenvalue weighted by Gasteiger charge is -2.25. The molecule has 0 saturated carbocycles. The average molecular weight is 574 g/mol. The van der Waals surface area contributed by atoms with Crippen LogP contribution < -0.4 is 19.8 Å². The molecule has 0 bridgehead atoms. The molecule has 41 heavy (non-hydrogen) atoms. The molecule has 11 heteroatoms. The molecule has 1 atom stereocenters. The Balaban J connectivity index is 1.60. The molecular formula is C30H29N4O6S+. The number of thiazole rings is 1. The maximum Gasteiger partial charge on any atom is 0.338 e. The number of allylic oxidation sites excluding steroid dienone is 1. The van der Waals surface area contributed by atoms with Crippen molar-refractivity contribution < 1.29 is 24.1 Å². The van der Waals surface area contributed by atoms with Crippen molar-refractivity contribution in [2.45, 2.75) is 26.8 Å². The molecule has 0 saturated heterocycles. The molecule has 1 N–H and O–H groups in total. The largest absolute Gasteiger partial charge is 0.463 e. The Hall–Kier alpha value is -4.77. The maximum atomic E-state index is 13.8. The van der Waals surface area contributed by atoms with E-state index in [1.807, 2.05) is 43.3 Å². The van der Waals surface area contributed by atoms with E-state index in [0.717, 1.165) is 22.4 Å². The van der Waals surface area contributed by atoms with Gasteiger partial charge in [0, 0.05) is 43.6 Å². The number of fused-ring (bicyclic) bond motifs is 1. The van der Waals surface area contributed by atoms with Crippen LogP contribution in [0.2, 0.25) is 0 Å². The van der Waals surface area contributed by atoms with Crippen molar-refractivity contribution >= 4 is 34.8 Å². The van der Waals surface area contributed by atoms with E-state index >= 15 is 0 Å². The van der Waals surface area contributed by atoms with E-state index in [1.54, 1.807) is 51.1 Å². The zero-order valence-electron chi connectivity index (χ0n) is 23.2. The van der Waals surface area contributed by atoms with Crippen molar-refractivity contribution in [1.29, 1.82) is 0 Å². The molecule has 5 rings (SSSR count). The molecule has 0 fully saturated rings. The number of ether oxygens (including phenoxy) is 1. The number of aryl methyl sites for hydroxylation is 1. The molecule has 3 heterocycles. The van der Waals surface area contributed by atoms with Gasteiger partial charge in [0.25, 0.3) is 10.5 Å². The number of nitrogens with zero attached hydrogens (tertiary/aromatic N) is 4. The Kier molecular flexibility index (Phi) is 7.46. The van der Waals surface area contributed by atoms with Gasteiger partial charge in [-0.25, -0.2) is 15.0 Å². The summed E-state index contributed by atoms with van der Waals surface area (Å²) in [5.74, 6) is 0.486. The minimum Gasteiger partial charge on any atom is -0.463 e. The van der Waals surface area contributed by atoms with Crippen molar-refractivity contribution in [3.8, 4) is 11.3 Å². The van der Waals surface area contributed by atoms with Gasteiger partial charge in [0.1, 0.15) is 11.5 Å². The van der Waals surface area contributed by atoms with Crippen molar-refractivity contribution in [1.82, 2.24) is 4.57 Å². The summed E-state index contributed by atoms with van der Waals surface area (Å²) in [6.45, 7) is 5.49. The van der Waals surface area contributed by atoms with Crippen LogP contribution in [-0.4, -0.2) is 41.4 Å². The van der Waals surface area contributed by atoms with Crippen LogP contribution in [0.25, 0.3) is 17.4 Å². The Morgan fingerprint density at radius 1 is 1.17 bits per heavy atom.